The largest absolute Gasteiger partial charge is 0.314 e. The van der Waals surface area contributed by atoms with Gasteiger partial charge in [-0.2, -0.15) is 5.10 Å². The molecule has 1 saturated carbocycles. The maximum Gasteiger partial charge on any atom is 0.0627 e. The first-order valence-corrected chi connectivity index (χ1v) is 6.01. The number of rotatable bonds is 4. The van der Waals surface area contributed by atoms with Crippen LogP contribution in [0.3, 0.4) is 0 Å². The zero-order chi connectivity index (χ0) is 10.7. The Labute approximate surface area is 91.9 Å². The van der Waals surface area contributed by atoms with Crippen molar-refractivity contribution in [1.82, 2.24) is 15.1 Å². The molecule has 1 aliphatic carbocycles. The number of aryl methyl sites for hydroxylation is 1. The third-order valence-electron chi connectivity index (χ3n) is 3.37. The zero-order valence-electron chi connectivity index (χ0n) is 9.74. The quantitative estimate of drug-likeness (QED) is 0.815. The van der Waals surface area contributed by atoms with Crippen LogP contribution >= 0.6 is 0 Å². The van der Waals surface area contributed by atoms with E-state index in [9.17, 15) is 0 Å². The lowest BCUT2D eigenvalue weighted by Crippen LogP contribution is -2.33. The molecule has 0 amide bonds. The Bertz CT molecular complexity index is 306. The van der Waals surface area contributed by atoms with Crippen molar-refractivity contribution in [2.24, 2.45) is 13.0 Å². The average molecular weight is 207 g/mol. The highest BCUT2D eigenvalue weighted by molar-refractivity contribution is 5.02. The summed E-state index contributed by atoms with van der Waals surface area (Å²) in [4.78, 5) is 0. The van der Waals surface area contributed by atoms with E-state index in [1.54, 1.807) is 0 Å². The van der Waals surface area contributed by atoms with Crippen LogP contribution in [0.15, 0.2) is 12.3 Å². The van der Waals surface area contributed by atoms with Gasteiger partial charge in [-0.1, -0.05) is 13.3 Å². The number of aromatic nitrogens is 2. The van der Waals surface area contributed by atoms with Crippen molar-refractivity contribution in [3.8, 4) is 0 Å². The fourth-order valence-corrected chi connectivity index (χ4v) is 2.65. The smallest absolute Gasteiger partial charge is 0.0627 e. The molecule has 0 saturated heterocycles. The van der Waals surface area contributed by atoms with Gasteiger partial charge in [0.15, 0.2) is 0 Å². The summed E-state index contributed by atoms with van der Waals surface area (Å²) in [5.74, 6) is 0.792. The van der Waals surface area contributed by atoms with E-state index in [1.807, 2.05) is 17.9 Å². The fourth-order valence-electron chi connectivity index (χ4n) is 2.65. The molecule has 15 heavy (non-hydrogen) atoms. The van der Waals surface area contributed by atoms with E-state index in [1.165, 1.54) is 25.0 Å². The van der Waals surface area contributed by atoms with Gasteiger partial charge in [0.2, 0.25) is 0 Å². The molecule has 2 rings (SSSR count). The monoisotopic (exact) mass is 207 g/mol. The van der Waals surface area contributed by atoms with Crippen LogP contribution in [0.25, 0.3) is 0 Å². The summed E-state index contributed by atoms with van der Waals surface area (Å²) >= 11 is 0. The fraction of sp³-hybridized carbons (Fsp3) is 0.750. The second kappa shape index (κ2) is 4.79. The highest BCUT2D eigenvalue weighted by Crippen LogP contribution is 2.28. The summed E-state index contributed by atoms with van der Waals surface area (Å²) in [6, 6.07) is 2.86. The molecule has 1 heterocycles. The number of hydrogen-bond acceptors (Lipinski definition) is 2. The van der Waals surface area contributed by atoms with E-state index in [4.69, 9.17) is 0 Å². The number of nitrogens with one attached hydrogen (secondary N) is 1. The van der Waals surface area contributed by atoms with Crippen LogP contribution in [0.5, 0.6) is 0 Å². The number of nitrogens with zero attached hydrogens (tertiary/aromatic N) is 2. The van der Waals surface area contributed by atoms with Crippen molar-refractivity contribution < 1.29 is 0 Å². The second-order valence-electron chi connectivity index (χ2n) is 4.54. The lowest BCUT2D eigenvalue weighted by Gasteiger charge is -2.19. The first-order valence-electron chi connectivity index (χ1n) is 6.01. The normalized spacial score (nSPS) is 26.0. The van der Waals surface area contributed by atoms with Crippen LogP contribution in [0.4, 0.5) is 0 Å². The van der Waals surface area contributed by atoms with Gasteiger partial charge in [0.05, 0.1) is 5.69 Å². The Hall–Kier alpha value is -0.830. The summed E-state index contributed by atoms with van der Waals surface area (Å²) in [6.45, 7) is 3.28. The summed E-state index contributed by atoms with van der Waals surface area (Å²) in [7, 11) is 1.99. The van der Waals surface area contributed by atoms with E-state index in [-0.39, 0.29) is 0 Å². The molecule has 0 bridgehead atoms. The molecular formula is C12H21N3. The summed E-state index contributed by atoms with van der Waals surface area (Å²) in [5.41, 5.74) is 1.24. The van der Waals surface area contributed by atoms with E-state index >= 15 is 0 Å². The molecule has 3 heteroatoms. The first-order chi connectivity index (χ1) is 7.29. The Balaban J connectivity index is 1.93. The lowest BCUT2D eigenvalue weighted by molar-refractivity contribution is 0.402. The van der Waals surface area contributed by atoms with E-state index < -0.39 is 0 Å². The molecular weight excluding hydrogens is 186 g/mol. The number of hydrogen-bond donors (Lipinski definition) is 1. The first kappa shape index (κ1) is 10.7. The molecule has 2 unspecified atom stereocenters. The van der Waals surface area contributed by atoms with Gasteiger partial charge in [0.25, 0.3) is 0 Å². The lowest BCUT2D eigenvalue weighted by atomic mass is 9.98. The highest BCUT2D eigenvalue weighted by Gasteiger charge is 2.26. The molecule has 0 aliphatic heterocycles. The SMILES string of the molecule is CCNC1CCCC1Cc1ccn(C)n1. The van der Waals surface area contributed by atoms with Crippen LogP contribution in [0.2, 0.25) is 0 Å². The van der Waals surface area contributed by atoms with E-state index in [0.29, 0.717) is 0 Å². The average Bonchev–Trinajstić information content (AvgIpc) is 2.78. The maximum atomic E-state index is 4.46. The van der Waals surface area contributed by atoms with Crippen molar-refractivity contribution in [3.63, 3.8) is 0 Å². The van der Waals surface area contributed by atoms with Crippen LogP contribution in [-0.2, 0) is 13.5 Å². The topological polar surface area (TPSA) is 29.9 Å². The van der Waals surface area contributed by atoms with Crippen LogP contribution in [0.1, 0.15) is 31.9 Å². The second-order valence-corrected chi connectivity index (χ2v) is 4.54. The Morgan fingerprint density at radius 3 is 3.07 bits per heavy atom. The minimum Gasteiger partial charge on any atom is -0.314 e. The molecule has 2 atom stereocenters. The maximum absolute atomic E-state index is 4.46. The van der Waals surface area contributed by atoms with Gasteiger partial charge in [-0.15, -0.1) is 0 Å². The van der Waals surface area contributed by atoms with Crippen LogP contribution < -0.4 is 5.32 Å². The summed E-state index contributed by atoms with van der Waals surface area (Å²) in [6.07, 6.45) is 7.24. The van der Waals surface area contributed by atoms with Gasteiger partial charge < -0.3 is 5.32 Å². The molecule has 1 N–H and O–H groups in total. The van der Waals surface area contributed by atoms with Crippen LogP contribution in [-0.4, -0.2) is 22.4 Å². The van der Waals surface area contributed by atoms with Crippen molar-refractivity contribution in [2.75, 3.05) is 6.54 Å². The van der Waals surface area contributed by atoms with Gasteiger partial charge in [-0.25, -0.2) is 0 Å². The van der Waals surface area contributed by atoms with E-state index in [0.717, 1.165) is 24.9 Å². The van der Waals surface area contributed by atoms with Gasteiger partial charge in [0, 0.05) is 19.3 Å². The summed E-state index contributed by atoms with van der Waals surface area (Å²) in [5, 5.41) is 8.04. The van der Waals surface area contributed by atoms with Crippen molar-refractivity contribution >= 4 is 0 Å². The standard InChI is InChI=1S/C12H21N3/c1-3-13-12-6-4-5-10(12)9-11-7-8-15(2)14-11/h7-8,10,12-13H,3-6,9H2,1-2H3. The predicted octanol–water partition coefficient (Wildman–Crippen LogP) is 1.74. The van der Waals surface area contributed by atoms with Gasteiger partial charge in [0.1, 0.15) is 0 Å². The third kappa shape index (κ3) is 2.59. The molecule has 0 radical (unpaired) electrons. The van der Waals surface area contributed by atoms with Crippen molar-refractivity contribution in [3.05, 3.63) is 18.0 Å². The minimum atomic E-state index is 0.719. The van der Waals surface area contributed by atoms with E-state index in [2.05, 4.69) is 23.4 Å². The van der Waals surface area contributed by atoms with Crippen LogP contribution in [0, 0.1) is 5.92 Å². The van der Waals surface area contributed by atoms with Crippen molar-refractivity contribution in [1.29, 1.82) is 0 Å². The molecule has 84 valence electrons. The van der Waals surface area contributed by atoms with Crippen molar-refractivity contribution in [2.45, 2.75) is 38.6 Å². The van der Waals surface area contributed by atoms with Gasteiger partial charge in [-0.05, 0) is 37.8 Å². The van der Waals surface area contributed by atoms with Gasteiger partial charge in [-0.3, -0.25) is 4.68 Å². The Kier molecular flexibility index (Phi) is 3.41. The molecule has 0 spiro atoms. The Morgan fingerprint density at radius 2 is 2.40 bits per heavy atom. The zero-order valence-corrected chi connectivity index (χ0v) is 9.74. The predicted molar refractivity (Wildman–Crippen MR) is 61.7 cm³/mol. The molecule has 3 nitrogen and oxygen atoms in total. The third-order valence-corrected chi connectivity index (χ3v) is 3.37. The molecule has 0 aromatic carbocycles. The Morgan fingerprint density at radius 1 is 1.53 bits per heavy atom. The molecule has 1 aliphatic rings. The molecule has 1 fully saturated rings. The summed E-state index contributed by atoms with van der Waals surface area (Å²) < 4.78 is 1.90. The minimum absolute atomic E-state index is 0.719. The van der Waals surface area contributed by atoms with Gasteiger partial charge >= 0.3 is 0 Å². The highest BCUT2D eigenvalue weighted by atomic mass is 15.2. The molecule has 1 aromatic rings. The molecule has 1 aromatic heterocycles.